The molecule has 1 aromatic rings. The second-order valence-corrected chi connectivity index (χ2v) is 4.97. The lowest BCUT2D eigenvalue weighted by Gasteiger charge is -2.40. The summed E-state index contributed by atoms with van der Waals surface area (Å²) >= 11 is 1.92. The van der Waals surface area contributed by atoms with Crippen molar-refractivity contribution in [3.63, 3.8) is 0 Å². The highest BCUT2D eigenvalue weighted by Gasteiger charge is 2.37. The van der Waals surface area contributed by atoms with Crippen molar-refractivity contribution in [2.45, 2.75) is 37.1 Å². The third-order valence-electron chi connectivity index (χ3n) is 2.92. The van der Waals surface area contributed by atoms with Crippen LogP contribution in [0.2, 0.25) is 0 Å². The molecule has 2 rings (SSSR count). The number of nitrogens with two attached hydrogens (primary N) is 1. The van der Waals surface area contributed by atoms with Crippen molar-refractivity contribution in [1.82, 2.24) is 20.2 Å². The Hall–Kier alpha value is -0.620. The normalized spacial score (nSPS) is 19.3. The van der Waals surface area contributed by atoms with Gasteiger partial charge in [0.25, 0.3) is 0 Å². The van der Waals surface area contributed by atoms with Gasteiger partial charge in [-0.15, -0.1) is 5.10 Å². The zero-order chi connectivity index (χ0) is 10.0. The highest BCUT2D eigenvalue weighted by atomic mass is 32.2. The molecule has 1 aromatic heterocycles. The van der Waals surface area contributed by atoms with Crippen LogP contribution in [-0.2, 0) is 13.1 Å². The molecule has 0 radical (unpaired) electrons. The molecule has 0 saturated heterocycles. The van der Waals surface area contributed by atoms with E-state index in [4.69, 9.17) is 5.73 Å². The van der Waals surface area contributed by atoms with E-state index in [2.05, 4.69) is 21.8 Å². The van der Waals surface area contributed by atoms with E-state index in [0.717, 1.165) is 12.4 Å². The molecule has 0 spiro atoms. The van der Waals surface area contributed by atoms with Gasteiger partial charge in [-0.05, 0) is 29.5 Å². The van der Waals surface area contributed by atoms with Crippen LogP contribution in [0.1, 0.15) is 25.1 Å². The minimum atomic E-state index is 0.360. The van der Waals surface area contributed by atoms with Crippen LogP contribution < -0.4 is 5.73 Å². The molecular weight excluding hydrogens is 198 g/mol. The first-order chi connectivity index (χ1) is 6.79. The van der Waals surface area contributed by atoms with Crippen molar-refractivity contribution >= 4 is 11.8 Å². The summed E-state index contributed by atoms with van der Waals surface area (Å²) in [6.45, 7) is 1.31. The van der Waals surface area contributed by atoms with Crippen LogP contribution in [0.15, 0.2) is 0 Å². The zero-order valence-electron chi connectivity index (χ0n) is 8.31. The Balaban J connectivity index is 2.09. The van der Waals surface area contributed by atoms with Gasteiger partial charge in [-0.1, -0.05) is 6.42 Å². The van der Waals surface area contributed by atoms with Crippen LogP contribution in [0.25, 0.3) is 0 Å². The van der Waals surface area contributed by atoms with E-state index in [1.165, 1.54) is 19.3 Å². The summed E-state index contributed by atoms with van der Waals surface area (Å²) in [6, 6.07) is 0. The van der Waals surface area contributed by atoms with Gasteiger partial charge in [-0.25, -0.2) is 4.68 Å². The number of hydrogen-bond donors (Lipinski definition) is 1. The summed E-state index contributed by atoms with van der Waals surface area (Å²) in [7, 11) is 0. The molecular formula is C8H15N5S. The lowest BCUT2D eigenvalue weighted by molar-refractivity contribution is 0.303. The first kappa shape index (κ1) is 9.92. The maximum atomic E-state index is 5.54. The average Bonchev–Trinajstić information content (AvgIpc) is 2.58. The van der Waals surface area contributed by atoms with E-state index >= 15 is 0 Å². The maximum Gasteiger partial charge on any atom is 0.164 e. The van der Waals surface area contributed by atoms with E-state index in [1.54, 1.807) is 0 Å². The molecule has 5 nitrogen and oxygen atoms in total. The Kier molecular flexibility index (Phi) is 2.73. The molecule has 6 heteroatoms. The summed E-state index contributed by atoms with van der Waals surface area (Å²) in [5.41, 5.74) is 5.54. The SMILES string of the molecule is CSC1(Cn2nnnc2CN)CCC1. The molecule has 0 aliphatic heterocycles. The minimum absolute atomic E-state index is 0.360. The molecule has 0 unspecified atom stereocenters. The molecule has 1 heterocycles. The Morgan fingerprint density at radius 1 is 1.57 bits per heavy atom. The zero-order valence-corrected chi connectivity index (χ0v) is 9.13. The molecule has 0 bridgehead atoms. The fourth-order valence-electron chi connectivity index (χ4n) is 1.76. The number of thioether (sulfide) groups is 1. The van der Waals surface area contributed by atoms with Gasteiger partial charge in [0.15, 0.2) is 5.82 Å². The lowest BCUT2D eigenvalue weighted by atomic mass is 9.84. The maximum absolute atomic E-state index is 5.54. The molecule has 2 N–H and O–H groups in total. The van der Waals surface area contributed by atoms with Crippen molar-refractivity contribution < 1.29 is 0 Å². The van der Waals surface area contributed by atoms with Gasteiger partial charge >= 0.3 is 0 Å². The van der Waals surface area contributed by atoms with Crippen molar-refractivity contribution in [2.75, 3.05) is 6.26 Å². The molecule has 1 aliphatic rings. The third-order valence-corrected chi connectivity index (χ3v) is 4.33. The average molecular weight is 213 g/mol. The van der Waals surface area contributed by atoms with Gasteiger partial charge in [0.05, 0.1) is 13.1 Å². The Bertz CT molecular complexity index is 301. The largest absolute Gasteiger partial charge is 0.324 e. The summed E-state index contributed by atoms with van der Waals surface area (Å²) in [4.78, 5) is 0. The predicted molar refractivity (Wildman–Crippen MR) is 55.8 cm³/mol. The lowest BCUT2D eigenvalue weighted by Crippen LogP contribution is -2.38. The number of tetrazole rings is 1. The van der Waals surface area contributed by atoms with Crippen LogP contribution in [0, 0.1) is 0 Å². The second kappa shape index (κ2) is 3.86. The first-order valence-corrected chi connectivity index (χ1v) is 6.02. The quantitative estimate of drug-likeness (QED) is 0.785. The van der Waals surface area contributed by atoms with Crippen molar-refractivity contribution in [3.05, 3.63) is 5.82 Å². The summed E-state index contributed by atoms with van der Waals surface area (Å²) in [6.07, 6.45) is 6.00. The van der Waals surface area contributed by atoms with Gasteiger partial charge in [0.1, 0.15) is 0 Å². The summed E-state index contributed by atoms with van der Waals surface area (Å²) in [5.74, 6) is 0.783. The fourth-order valence-corrected chi connectivity index (χ4v) is 2.71. The smallest absolute Gasteiger partial charge is 0.164 e. The Labute approximate surface area is 87.4 Å². The number of rotatable bonds is 4. The molecule has 1 aliphatic carbocycles. The molecule has 1 fully saturated rings. The predicted octanol–water partition coefficient (Wildman–Crippen LogP) is 0.417. The van der Waals surface area contributed by atoms with Gasteiger partial charge in [-0.3, -0.25) is 0 Å². The van der Waals surface area contributed by atoms with Gasteiger partial charge in [0, 0.05) is 4.75 Å². The minimum Gasteiger partial charge on any atom is -0.324 e. The van der Waals surface area contributed by atoms with Crippen LogP contribution in [0.3, 0.4) is 0 Å². The fraction of sp³-hybridized carbons (Fsp3) is 0.875. The number of hydrogen-bond acceptors (Lipinski definition) is 5. The molecule has 0 aromatic carbocycles. The second-order valence-electron chi connectivity index (χ2n) is 3.70. The van der Waals surface area contributed by atoms with Crippen molar-refractivity contribution in [3.8, 4) is 0 Å². The van der Waals surface area contributed by atoms with Crippen LogP contribution >= 0.6 is 11.8 Å². The van der Waals surface area contributed by atoms with Crippen molar-refractivity contribution in [2.24, 2.45) is 5.73 Å². The van der Waals surface area contributed by atoms with Gasteiger partial charge < -0.3 is 5.73 Å². The monoisotopic (exact) mass is 213 g/mol. The van der Waals surface area contributed by atoms with E-state index in [9.17, 15) is 0 Å². The van der Waals surface area contributed by atoms with Gasteiger partial charge in [-0.2, -0.15) is 11.8 Å². The summed E-state index contributed by atoms with van der Waals surface area (Å²) < 4.78 is 2.20. The van der Waals surface area contributed by atoms with E-state index in [1.807, 2.05) is 16.4 Å². The third kappa shape index (κ3) is 1.64. The molecule has 0 atom stereocenters. The van der Waals surface area contributed by atoms with E-state index < -0.39 is 0 Å². The van der Waals surface area contributed by atoms with Crippen LogP contribution in [0.4, 0.5) is 0 Å². The topological polar surface area (TPSA) is 69.6 Å². The summed E-state index contributed by atoms with van der Waals surface area (Å²) in [5, 5.41) is 11.5. The Morgan fingerprint density at radius 2 is 2.36 bits per heavy atom. The highest BCUT2D eigenvalue weighted by molar-refractivity contribution is 8.00. The van der Waals surface area contributed by atoms with Crippen LogP contribution in [-0.4, -0.2) is 31.2 Å². The highest BCUT2D eigenvalue weighted by Crippen LogP contribution is 2.43. The van der Waals surface area contributed by atoms with Crippen LogP contribution in [0.5, 0.6) is 0 Å². The molecule has 0 amide bonds. The van der Waals surface area contributed by atoms with E-state index in [0.29, 0.717) is 11.3 Å². The van der Waals surface area contributed by atoms with Crippen molar-refractivity contribution in [1.29, 1.82) is 0 Å². The molecule has 78 valence electrons. The number of aromatic nitrogens is 4. The van der Waals surface area contributed by atoms with Gasteiger partial charge in [0.2, 0.25) is 0 Å². The number of nitrogens with zero attached hydrogens (tertiary/aromatic N) is 4. The van der Waals surface area contributed by atoms with E-state index in [-0.39, 0.29) is 0 Å². The standard InChI is InChI=1S/C8H15N5S/c1-14-8(3-2-4-8)6-13-7(5-9)10-11-12-13/h2-6,9H2,1H3. The first-order valence-electron chi connectivity index (χ1n) is 4.80. The Morgan fingerprint density at radius 3 is 2.86 bits per heavy atom. The molecule has 14 heavy (non-hydrogen) atoms. The molecule has 1 saturated carbocycles.